The Hall–Kier alpha value is -0.933. The van der Waals surface area contributed by atoms with Crippen molar-refractivity contribution in [3.8, 4) is 0 Å². The lowest BCUT2D eigenvalue weighted by atomic mass is 9.91. The zero-order chi connectivity index (χ0) is 12.5. The van der Waals surface area contributed by atoms with Gasteiger partial charge in [-0.25, -0.2) is 0 Å². The van der Waals surface area contributed by atoms with Gasteiger partial charge in [0.1, 0.15) is 5.78 Å². The maximum atomic E-state index is 12.3. The largest absolute Gasteiger partial charge is 0.410 e. The van der Waals surface area contributed by atoms with Gasteiger partial charge in [0.05, 0.1) is 12.0 Å². The van der Waals surface area contributed by atoms with Crippen molar-refractivity contribution in [3.05, 3.63) is 36.5 Å². The summed E-state index contributed by atoms with van der Waals surface area (Å²) in [4.78, 5) is 12.3. The van der Waals surface area contributed by atoms with Crippen LogP contribution in [0, 0.1) is 11.8 Å². The first-order chi connectivity index (χ1) is 7.97. The SMILES string of the molecule is C[Si](C)(C)O[C@@H]1C=CC[C@H]2C=CC=C[C@@H]1C2=O. The van der Waals surface area contributed by atoms with Crippen molar-refractivity contribution in [2.75, 3.05) is 0 Å². The molecule has 0 saturated heterocycles. The molecule has 0 saturated carbocycles. The zero-order valence-electron chi connectivity index (χ0n) is 10.7. The smallest absolute Gasteiger partial charge is 0.184 e. The Morgan fingerprint density at radius 2 is 1.88 bits per heavy atom. The van der Waals surface area contributed by atoms with Gasteiger partial charge < -0.3 is 4.43 Å². The molecule has 3 heteroatoms. The lowest BCUT2D eigenvalue weighted by molar-refractivity contribution is -0.125. The van der Waals surface area contributed by atoms with Gasteiger partial charge in [0, 0.05) is 5.92 Å². The van der Waals surface area contributed by atoms with Crippen LogP contribution >= 0.6 is 0 Å². The van der Waals surface area contributed by atoms with Gasteiger partial charge in [-0.15, -0.1) is 0 Å². The van der Waals surface area contributed by atoms with Gasteiger partial charge >= 0.3 is 0 Å². The van der Waals surface area contributed by atoms with Gasteiger partial charge in [0.25, 0.3) is 0 Å². The molecule has 0 aromatic carbocycles. The molecule has 2 aliphatic carbocycles. The average Bonchev–Trinajstić information content (AvgIpc) is 2.47. The molecule has 2 rings (SSSR count). The molecule has 0 heterocycles. The van der Waals surface area contributed by atoms with E-state index in [1.165, 1.54) is 0 Å². The molecular weight excluding hydrogens is 228 g/mol. The van der Waals surface area contributed by atoms with Crippen LogP contribution in [0.1, 0.15) is 6.42 Å². The molecule has 0 aromatic heterocycles. The number of ketones is 1. The molecule has 0 unspecified atom stereocenters. The second-order valence-electron chi connectivity index (χ2n) is 5.66. The quantitative estimate of drug-likeness (QED) is 0.554. The summed E-state index contributed by atoms with van der Waals surface area (Å²) in [5.41, 5.74) is 0. The fourth-order valence-electron chi connectivity index (χ4n) is 2.28. The van der Waals surface area contributed by atoms with Gasteiger partial charge in [-0.2, -0.15) is 0 Å². The maximum absolute atomic E-state index is 12.3. The molecule has 3 atom stereocenters. The van der Waals surface area contributed by atoms with Crippen LogP contribution in [0.3, 0.4) is 0 Å². The van der Waals surface area contributed by atoms with Crippen LogP contribution < -0.4 is 0 Å². The summed E-state index contributed by atoms with van der Waals surface area (Å²) >= 11 is 0. The molecule has 2 nitrogen and oxygen atoms in total. The molecular formula is C14H20O2Si. The van der Waals surface area contributed by atoms with Crippen LogP contribution in [0.2, 0.25) is 19.6 Å². The van der Waals surface area contributed by atoms with Gasteiger partial charge in [0.2, 0.25) is 0 Å². The molecule has 0 spiro atoms. The summed E-state index contributed by atoms with van der Waals surface area (Å²) < 4.78 is 6.12. The highest BCUT2D eigenvalue weighted by Crippen LogP contribution is 2.28. The summed E-state index contributed by atoms with van der Waals surface area (Å²) in [5, 5.41) is 0. The molecule has 0 aliphatic heterocycles. The predicted molar refractivity (Wildman–Crippen MR) is 72.2 cm³/mol. The number of Topliss-reactive ketones (excluding diaryl/α,β-unsaturated/α-hetero) is 1. The van der Waals surface area contributed by atoms with Crippen molar-refractivity contribution in [2.24, 2.45) is 11.8 Å². The molecule has 2 bridgehead atoms. The van der Waals surface area contributed by atoms with E-state index in [4.69, 9.17) is 4.43 Å². The second kappa shape index (κ2) is 4.74. The summed E-state index contributed by atoms with van der Waals surface area (Å²) in [6.07, 6.45) is 12.8. The first-order valence-electron chi connectivity index (χ1n) is 6.20. The topological polar surface area (TPSA) is 26.3 Å². The first kappa shape index (κ1) is 12.5. The number of rotatable bonds is 2. The number of carbonyl (C=O) groups is 1. The highest BCUT2D eigenvalue weighted by Gasteiger charge is 2.34. The van der Waals surface area contributed by atoms with Crippen molar-refractivity contribution in [2.45, 2.75) is 32.2 Å². The summed E-state index contributed by atoms with van der Waals surface area (Å²) in [6.45, 7) is 6.48. The van der Waals surface area contributed by atoms with Crippen LogP contribution in [0.15, 0.2) is 36.5 Å². The van der Waals surface area contributed by atoms with E-state index in [0.717, 1.165) is 6.42 Å². The fraction of sp³-hybridized carbons (Fsp3) is 0.500. The van der Waals surface area contributed by atoms with Crippen LogP contribution in [0.5, 0.6) is 0 Å². The predicted octanol–water partition coefficient (Wildman–Crippen LogP) is 3.09. The van der Waals surface area contributed by atoms with E-state index in [2.05, 4.69) is 31.8 Å². The highest BCUT2D eigenvalue weighted by atomic mass is 28.4. The Morgan fingerprint density at radius 3 is 2.59 bits per heavy atom. The average molecular weight is 248 g/mol. The molecule has 0 amide bonds. The summed E-state index contributed by atoms with van der Waals surface area (Å²) in [5.74, 6) is 0.213. The Morgan fingerprint density at radius 1 is 1.18 bits per heavy atom. The Kier molecular flexibility index (Phi) is 3.49. The van der Waals surface area contributed by atoms with Crippen molar-refractivity contribution >= 4 is 14.1 Å². The normalized spacial score (nSPS) is 32.4. The highest BCUT2D eigenvalue weighted by molar-refractivity contribution is 6.69. The molecule has 0 N–H and O–H groups in total. The third-order valence-corrected chi connectivity index (χ3v) is 4.01. The zero-order valence-corrected chi connectivity index (χ0v) is 11.7. The van der Waals surface area contributed by atoms with E-state index in [-0.39, 0.29) is 17.9 Å². The number of hydrogen-bond acceptors (Lipinski definition) is 2. The first-order valence-corrected chi connectivity index (χ1v) is 9.61. The van der Waals surface area contributed by atoms with Crippen molar-refractivity contribution < 1.29 is 9.22 Å². The lowest BCUT2D eigenvalue weighted by Crippen LogP contribution is -2.38. The van der Waals surface area contributed by atoms with E-state index in [0.29, 0.717) is 5.78 Å². The minimum atomic E-state index is -1.63. The number of hydrogen-bond donors (Lipinski definition) is 0. The standard InChI is InChI=1S/C14H20O2Si/c1-17(2,3)16-13-10-6-8-11-7-4-5-9-12(13)14(11)15/h4-7,9-13H,8H2,1-3H3/t11-,12+,13-/m1/s1. The van der Waals surface area contributed by atoms with E-state index in [1.54, 1.807) is 0 Å². The third kappa shape index (κ3) is 3.04. The fourth-order valence-corrected chi connectivity index (χ4v) is 3.33. The van der Waals surface area contributed by atoms with Crippen molar-refractivity contribution in [1.29, 1.82) is 0 Å². The lowest BCUT2D eigenvalue weighted by Gasteiger charge is -2.28. The maximum Gasteiger partial charge on any atom is 0.184 e. The van der Waals surface area contributed by atoms with Crippen molar-refractivity contribution in [3.63, 3.8) is 0 Å². The van der Waals surface area contributed by atoms with Crippen LogP contribution in [-0.2, 0) is 9.22 Å². The van der Waals surface area contributed by atoms with Gasteiger partial charge in [0.15, 0.2) is 8.32 Å². The van der Waals surface area contributed by atoms with Gasteiger partial charge in [-0.1, -0.05) is 36.5 Å². The molecule has 0 fully saturated rings. The number of fused-ring (bicyclic) bond motifs is 2. The van der Waals surface area contributed by atoms with E-state index in [1.807, 2.05) is 24.3 Å². The van der Waals surface area contributed by atoms with Crippen LogP contribution in [0.4, 0.5) is 0 Å². The van der Waals surface area contributed by atoms with E-state index in [9.17, 15) is 4.79 Å². The molecule has 2 aliphatic rings. The van der Waals surface area contributed by atoms with Crippen molar-refractivity contribution in [1.82, 2.24) is 0 Å². The Balaban J connectivity index is 2.25. The van der Waals surface area contributed by atoms with E-state index >= 15 is 0 Å². The Labute approximate surface area is 104 Å². The summed E-state index contributed by atoms with van der Waals surface area (Å²) in [7, 11) is -1.63. The second-order valence-corrected chi connectivity index (χ2v) is 10.1. The molecule has 0 aromatic rings. The van der Waals surface area contributed by atoms with Crippen LogP contribution in [-0.4, -0.2) is 20.2 Å². The molecule has 0 radical (unpaired) electrons. The molecule has 17 heavy (non-hydrogen) atoms. The monoisotopic (exact) mass is 248 g/mol. The van der Waals surface area contributed by atoms with Gasteiger partial charge in [-0.05, 0) is 26.1 Å². The summed E-state index contributed by atoms with van der Waals surface area (Å²) in [6, 6.07) is 0. The van der Waals surface area contributed by atoms with E-state index < -0.39 is 8.32 Å². The van der Waals surface area contributed by atoms with Crippen LogP contribution in [0.25, 0.3) is 0 Å². The van der Waals surface area contributed by atoms with Gasteiger partial charge in [-0.3, -0.25) is 4.79 Å². The minimum Gasteiger partial charge on any atom is -0.410 e. The Bertz CT molecular complexity index is 388. The number of carbonyl (C=O) groups excluding carboxylic acids is 1. The number of allylic oxidation sites excluding steroid dienone is 4. The third-order valence-electron chi connectivity index (χ3n) is 3.03. The minimum absolute atomic E-state index is 0.0292. The molecule has 92 valence electrons.